The smallest absolute Gasteiger partial charge is 0.251 e. The molecule has 0 radical (unpaired) electrons. The number of benzene rings is 2. The summed E-state index contributed by atoms with van der Waals surface area (Å²) in [5.74, 6) is -1.38. The topological polar surface area (TPSA) is 71.1 Å². The van der Waals surface area contributed by atoms with Crippen LogP contribution >= 0.6 is 0 Å². The van der Waals surface area contributed by atoms with Crippen LogP contribution in [0.15, 0.2) is 60.9 Å². The number of amides is 2. The Balaban J connectivity index is 1.66. The van der Waals surface area contributed by atoms with Crippen molar-refractivity contribution in [2.45, 2.75) is 0 Å². The number of carbonyl (C=O) groups excluding carboxylic acids is 2. The average Bonchev–Trinajstić information content (AvgIpc) is 2.60. The minimum absolute atomic E-state index is 0.167. The predicted molar refractivity (Wildman–Crippen MR) is 89.1 cm³/mol. The van der Waals surface area contributed by atoms with Crippen molar-refractivity contribution >= 4 is 28.3 Å². The Morgan fingerprint density at radius 3 is 2.71 bits per heavy atom. The molecule has 0 aliphatic rings. The molecule has 0 spiro atoms. The van der Waals surface area contributed by atoms with E-state index in [4.69, 9.17) is 0 Å². The number of aromatic nitrogens is 1. The number of fused-ring (bicyclic) bond motifs is 1. The number of nitrogens with one attached hydrogen (secondary N) is 2. The summed E-state index contributed by atoms with van der Waals surface area (Å²) in [6, 6.07) is 13.0. The fraction of sp³-hybridized carbons (Fsp3) is 0.0556. The van der Waals surface area contributed by atoms with Gasteiger partial charge in [0.05, 0.1) is 18.4 Å². The largest absolute Gasteiger partial charge is 0.343 e. The van der Waals surface area contributed by atoms with Crippen LogP contribution in [0, 0.1) is 5.82 Å². The van der Waals surface area contributed by atoms with Crippen LogP contribution in [0.2, 0.25) is 0 Å². The number of carbonyl (C=O) groups is 2. The molecule has 3 rings (SSSR count). The first kappa shape index (κ1) is 15.6. The van der Waals surface area contributed by atoms with Gasteiger partial charge in [0.2, 0.25) is 5.91 Å². The van der Waals surface area contributed by atoms with Crippen LogP contribution in [0.3, 0.4) is 0 Å². The molecule has 0 unspecified atom stereocenters. The van der Waals surface area contributed by atoms with Gasteiger partial charge in [-0.25, -0.2) is 4.39 Å². The third-order valence-corrected chi connectivity index (χ3v) is 3.43. The molecular weight excluding hydrogens is 309 g/mol. The molecule has 24 heavy (non-hydrogen) atoms. The molecule has 0 fully saturated rings. The first-order valence-corrected chi connectivity index (χ1v) is 7.30. The van der Waals surface area contributed by atoms with E-state index in [9.17, 15) is 14.0 Å². The maximum atomic E-state index is 14.0. The first-order chi connectivity index (χ1) is 11.6. The Morgan fingerprint density at radius 2 is 1.92 bits per heavy atom. The second kappa shape index (κ2) is 6.87. The maximum Gasteiger partial charge on any atom is 0.251 e. The molecule has 2 N–H and O–H groups in total. The molecule has 3 aromatic rings. The first-order valence-electron chi connectivity index (χ1n) is 7.30. The minimum Gasteiger partial charge on any atom is -0.343 e. The molecule has 6 heteroatoms. The highest BCUT2D eigenvalue weighted by Gasteiger charge is 2.11. The van der Waals surface area contributed by atoms with Gasteiger partial charge in [0, 0.05) is 17.1 Å². The lowest BCUT2D eigenvalue weighted by Crippen LogP contribution is -2.32. The monoisotopic (exact) mass is 323 g/mol. The summed E-state index contributed by atoms with van der Waals surface area (Å²) in [5, 5.41) is 6.15. The fourth-order valence-corrected chi connectivity index (χ4v) is 2.30. The van der Waals surface area contributed by atoms with Gasteiger partial charge in [-0.2, -0.15) is 0 Å². The van der Waals surface area contributed by atoms with Gasteiger partial charge in [-0.15, -0.1) is 0 Å². The Hall–Kier alpha value is -3.28. The zero-order chi connectivity index (χ0) is 16.9. The Bertz CT molecular complexity index is 897. The number of nitrogens with zero attached hydrogens (tertiary/aromatic N) is 1. The standard InChI is InChI=1S/C18H14FN3O2/c19-16-9-13(8-12-4-1-2-6-15(12)16)18(24)21-11-17(23)22-14-5-3-7-20-10-14/h1-10H,11H2,(H,21,24)(H,22,23). The van der Waals surface area contributed by atoms with Gasteiger partial charge in [-0.05, 0) is 29.7 Å². The molecular formula is C18H14FN3O2. The van der Waals surface area contributed by atoms with Crippen LogP contribution in [-0.4, -0.2) is 23.3 Å². The van der Waals surface area contributed by atoms with E-state index in [-0.39, 0.29) is 12.1 Å². The van der Waals surface area contributed by atoms with Crippen LogP contribution in [0.5, 0.6) is 0 Å². The average molecular weight is 323 g/mol. The Morgan fingerprint density at radius 1 is 1.08 bits per heavy atom. The van der Waals surface area contributed by atoms with Crippen molar-refractivity contribution in [2.75, 3.05) is 11.9 Å². The molecule has 0 aliphatic carbocycles. The van der Waals surface area contributed by atoms with Crippen molar-refractivity contribution in [2.24, 2.45) is 0 Å². The third kappa shape index (κ3) is 3.55. The summed E-state index contributed by atoms with van der Waals surface area (Å²) >= 11 is 0. The highest BCUT2D eigenvalue weighted by molar-refractivity contribution is 6.01. The highest BCUT2D eigenvalue weighted by Crippen LogP contribution is 2.19. The molecule has 0 aliphatic heterocycles. The summed E-state index contributed by atoms with van der Waals surface area (Å²) in [4.78, 5) is 27.8. The lowest BCUT2D eigenvalue weighted by atomic mass is 10.1. The fourth-order valence-electron chi connectivity index (χ4n) is 2.30. The summed E-state index contributed by atoms with van der Waals surface area (Å²) in [6.45, 7) is -0.220. The Labute approximate surface area is 137 Å². The number of anilines is 1. The molecule has 1 aromatic heterocycles. The zero-order valence-corrected chi connectivity index (χ0v) is 12.6. The van der Waals surface area contributed by atoms with E-state index in [2.05, 4.69) is 15.6 Å². The van der Waals surface area contributed by atoms with Gasteiger partial charge in [-0.1, -0.05) is 24.3 Å². The lowest BCUT2D eigenvalue weighted by Gasteiger charge is -2.08. The van der Waals surface area contributed by atoms with Gasteiger partial charge in [0.25, 0.3) is 5.91 Å². The molecule has 5 nitrogen and oxygen atoms in total. The second-order valence-electron chi connectivity index (χ2n) is 5.15. The van der Waals surface area contributed by atoms with E-state index in [0.29, 0.717) is 16.5 Å². The molecule has 2 amide bonds. The van der Waals surface area contributed by atoms with Crippen molar-refractivity contribution in [3.8, 4) is 0 Å². The normalized spacial score (nSPS) is 10.4. The van der Waals surface area contributed by atoms with E-state index in [0.717, 1.165) is 6.07 Å². The van der Waals surface area contributed by atoms with Gasteiger partial charge in [0.1, 0.15) is 5.82 Å². The second-order valence-corrected chi connectivity index (χ2v) is 5.15. The maximum absolute atomic E-state index is 14.0. The van der Waals surface area contributed by atoms with Crippen LogP contribution in [0.25, 0.3) is 10.8 Å². The number of hydrogen-bond acceptors (Lipinski definition) is 3. The van der Waals surface area contributed by atoms with Crippen molar-refractivity contribution in [1.29, 1.82) is 0 Å². The Kier molecular flexibility index (Phi) is 4.47. The summed E-state index contributed by atoms with van der Waals surface area (Å²) in [6.07, 6.45) is 3.09. The quantitative estimate of drug-likeness (QED) is 0.775. The van der Waals surface area contributed by atoms with E-state index < -0.39 is 17.6 Å². The SMILES string of the molecule is O=C(CNC(=O)c1cc(F)c2ccccc2c1)Nc1cccnc1. The van der Waals surface area contributed by atoms with E-state index in [1.807, 2.05) is 0 Å². The summed E-state index contributed by atoms with van der Waals surface area (Å²) in [5.41, 5.74) is 0.703. The minimum atomic E-state index is -0.513. The number of rotatable bonds is 4. The van der Waals surface area contributed by atoms with E-state index in [1.165, 1.54) is 6.20 Å². The molecule has 120 valence electrons. The number of pyridine rings is 1. The molecule has 2 aromatic carbocycles. The summed E-state index contributed by atoms with van der Waals surface area (Å²) < 4.78 is 14.0. The number of halogens is 1. The van der Waals surface area contributed by atoms with Crippen LogP contribution in [-0.2, 0) is 4.79 Å². The molecule has 0 atom stereocenters. The van der Waals surface area contributed by atoms with E-state index in [1.54, 1.807) is 48.7 Å². The van der Waals surface area contributed by atoms with Gasteiger partial charge >= 0.3 is 0 Å². The highest BCUT2D eigenvalue weighted by atomic mass is 19.1. The van der Waals surface area contributed by atoms with Crippen molar-refractivity contribution in [1.82, 2.24) is 10.3 Å². The van der Waals surface area contributed by atoms with Gasteiger partial charge < -0.3 is 10.6 Å². The summed E-state index contributed by atoms with van der Waals surface area (Å²) in [7, 11) is 0. The van der Waals surface area contributed by atoms with Crippen LogP contribution in [0.1, 0.15) is 10.4 Å². The predicted octanol–water partition coefficient (Wildman–Crippen LogP) is 2.74. The molecule has 1 heterocycles. The molecule has 0 saturated carbocycles. The van der Waals surface area contributed by atoms with Crippen LogP contribution < -0.4 is 10.6 Å². The van der Waals surface area contributed by atoms with Crippen LogP contribution in [0.4, 0.5) is 10.1 Å². The lowest BCUT2D eigenvalue weighted by molar-refractivity contribution is -0.115. The zero-order valence-electron chi connectivity index (χ0n) is 12.6. The van der Waals surface area contributed by atoms with Crippen molar-refractivity contribution < 1.29 is 14.0 Å². The van der Waals surface area contributed by atoms with Gasteiger partial charge in [0.15, 0.2) is 0 Å². The van der Waals surface area contributed by atoms with E-state index >= 15 is 0 Å². The van der Waals surface area contributed by atoms with Gasteiger partial charge in [-0.3, -0.25) is 14.6 Å². The molecule has 0 saturated heterocycles. The molecule has 0 bridgehead atoms. The van der Waals surface area contributed by atoms with Crippen molar-refractivity contribution in [3.05, 3.63) is 72.3 Å². The number of hydrogen-bond donors (Lipinski definition) is 2. The third-order valence-electron chi connectivity index (χ3n) is 3.43. The van der Waals surface area contributed by atoms with Crippen molar-refractivity contribution in [3.63, 3.8) is 0 Å².